The third-order valence-corrected chi connectivity index (χ3v) is 10.1. The Labute approximate surface area is 301 Å². The zero-order chi connectivity index (χ0) is 34.6. The van der Waals surface area contributed by atoms with Gasteiger partial charge >= 0.3 is 0 Å². The Hall–Kier alpha value is -5.86. The van der Waals surface area contributed by atoms with Crippen LogP contribution in [0.15, 0.2) is 169 Å². The van der Waals surface area contributed by atoms with Crippen molar-refractivity contribution in [2.75, 3.05) is 0 Å². The number of nitrogens with zero attached hydrogens (tertiary/aromatic N) is 2. The minimum absolute atomic E-state index is 0.250. The van der Waals surface area contributed by atoms with Crippen molar-refractivity contribution in [2.24, 2.45) is 10.9 Å². The molecule has 0 amide bonds. The number of allylic oxidation sites excluding steroid dienone is 9. The zero-order valence-corrected chi connectivity index (χ0v) is 29.3. The van der Waals surface area contributed by atoms with E-state index in [2.05, 4.69) is 177 Å². The summed E-state index contributed by atoms with van der Waals surface area (Å²) in [4.78, 5) is 10.3. The summed E-state index contributed by atoms with van der Waals surface area (Å²) in [6.45, 7) is 4.35. The molecule has 6 aromatic rings. The van der Waals surface area contributed by atoms with Crippen LogP contribution in [0.1, 0.15) is 55.1 Å². The molecule has 0 N–H and O–H groups in total. The molecule has 1 aliphatic carbocycles. The quantitative estimate of drug-likeness (QED) is 0.118. The molecule has 0 bridgehead atoms. The molecule has 248 valence electrons. The Balaban J connectivity index is 1.32. The van der Waals surface area contributed by atoms with Crippen LogP contribution in [-0.4, -0.2) is 11.2 Å². The average Bonchev–Trinajstić information content (AvgIpc) is 3.19. The van der Waals surface area contributed by atoms with Crippen molar-refractivity contribution < 1.29 is 0 Å². The van der Waals surface area contributed by atoms with Crippen molar-refractivity contribution in [3.05, 3.63) is 186 Å². The van der Waals surface area contributed by atoms with Crippen molar-refractivity contribution in [3.63, 3.8) is 0 Å². The third kappa shape index (κ3) is 6.83. The minimum atomic E-state index is 0.250. The standard InChI is InChI=1S/C49H42N2/c1-3-4-5-12-22-42-30-39(32-49(51-42)36-19-10-7-11-20-36)38-27-40(46-31-37-21-13-14-23-43(37)44-24-15-16-25-45(44)46)29-41(28-38)48-26-34(2)47(33-50-48)35-17-8-6-9-18-35/h3-6,8-10,12-21,23-34,47H,7,11,22H2,1-2H3/b4-3-,12-5-. The summed E-state index contributed by atoms with van der Waals surface area (Å²) in [5, 5.41) is 5.03. The molecule has 1 aliphatic heterocycles. The molecule has 2 atom stereocenters. The number of aliphatic imine (C=N–C) groups is 1. The highest BCUT2D eigenvalue weighted by Crippen LogP contribution is 2.40. The molecule has 8 rings (SSSR count). The number of benzene rings is 5. The number of fused-ring (bicyclic) bond motifs is 3. The van der Waals surface area contributed by atoms with E-state index in [1.54, 1.807) is 0 Å². The lowest BCUT2D eigenvalue weighted by Crippen LogP contribution is -2.13. The van der Waals surface area contributed by atoms with E-state index in [1.807, 2.05) is 6.92 Å². The Morgan fingerprint density at radius 2 is 1.45 bits per heavy atom. The lowest BCUT2D eigenvalue weighted by atomic mass is 9.84. The first-order chi connectivity index (χ1) is 25.1. The highest BCUT2D eigenvalue weighted by molar-refractivity contribution is 6.14. The monoisotopic (exact) mass is 658 g/mol. The fourth-order valence-electron chi connectivity index (χ4n) is 7.51. The molecule has 1 aromatic heterocycles. The lowest BCUT2D eigenvalue weighted by Gasteiger charge is -2.23. The highest BCUT2D eigenvalue weighted by Gasteiger charge is 2.22. The largest absolute Gasteiger partial charge is 0.260 e. The average molecular weight is 659 g/mol. The van der Waals surface area contributed by atoms with E-state index in [4.69, 9.17) is 9.98 Å². The lowest BCUT2D eigenvalue weighted by molar-refractivity contribution is 0.673. The molecule has 2 unspecified atom stereocenters. The number of rotatable bonds is 8. The van der Waals surface area contributed by atoms with Gasteiger partial charge in [0.2, 0.25) is 0 Å². The van der Waals surface area contributed by atoms with Gasteiger partial charge in [-0.05, 0) is 117 Å². The summed E-state index contributed by atoms with van der Waals surface area (Å²) >= 11 is 0. The van der Waals surface area contributed by atoms with Crippen molar-refractivity contribution in [3.8, 4) is 22.3 Å². The smallest absolute Gasteiger partial charge is 0.0708 e. The molecule has 2 nitrogen and oxygen atoms in total. The predicted molar refractivity (Wildman–Crippen MR) is 219 cm³/mol. The molecule has 0 saturated heterocycles. The van der Waals surface area contributed by atoms with Crippen molar-refractivity contribution >= 4 is 39.0 Å². The topological polar surface area (TPSA) is 25.2 Å². The van der Waals surface area contributed by atoms with Crippen LogP contribution < -0.4 is 0 Å². The molecule has 5 aromatic carbocycles. The van der Waals surface area contributed by atoms with Crippen LogP contribution in [-0.2, 0) is 6.42 Å². The van der Waals surface area contributed by atoms with Gasteiger partial charge in [0.25, 0.3) is 0 Å². The van der Waals surface area contributed by atoms with Crippen molar-refractivity contribution in [1.29, 1.82) is 0 Å². The van der Waals surface area contributed by atoms with Crippen LogP contribution >= 0.6 is 0 Å². The normalized spacial score (nSPS) is 17.5. The Morgan fingerprint density at radius 3 is 2.25 bits per heavy atom. The number of hydrogen-bond donors (Lipinski definition) is 0. The molecular formula is C49H42N2. The van der Waals surface area contributed by atoms with Gasteiger partial charge in [0, 0.05) is 29.8 Å². The summed E-state index contributed by atoms with van der Waals surface area (Å²) in [6.07, 6.45) is 22.6. The number of aromatic nitrogens is 1. The van der Waals surface area contributed by atoms with Gasteiger partial charge in [-0.1, -0.05) is 134 Å². The van der Waals surface area contributed by atoms with Crippen LogP contribution in [0, 0.1) is 5.92 Å². The first kappa shape index (κ1) is 32.4. The molecule has 2 heteroatoms. The number of pyridine rings is 1. The number of hydrogen-bond acceptors (Lipinski definition) is 2. The molecule has 2 aliphatic rings. The minimum Gasteiger partial charge on any atom is -0.260 e. The van der Waals surface area contributed by atoms with E-state index < -0.39 is 0 Å². The van der Waals surface area contributed by atoms with Crippen molar-refractivity contribution in [2.45, 2.75) is 39.0 Å². The van der Waals surface area contributed by atoms with Crippen LogP contribution in [0.25, 0.3) is 55.1 Å². The van der Waals surface area contributed by atoms with Crippen molar-refractivity contribution in [1.82, 2.24) is 4.98 Å². The molecule has 51 heavy (non-hydrogen) atoms. The first-order valence-corrected chi connectivity index (χ1v) is 18.2. The van der Waals surface area contributed by atoms with Gasteiger partial charge in [0.05, 0.1) is 11.4 Å². The van der Waals surface area contributed by atoms with Gasteiger partial charge in [0.1, 0.15) is 0 Å². The first-order valence-electron chi connectivity index (χ1n) is 18.2. The third-order valence-electron chi connectivity index (χ3n) is 10.1. The van der Waals surface area contributed by atoms with E-state index in [-0.39, 0.29) is 5.92 Å². The van der Waals surface area contributed by atoms with Gasteiger partial charge in [-0.2, -0.15) is 0 Å². The van der Waals surface area contributed by atoms with E-state index in [0.717, 1.165) is 53.0 Å². The molecule has 0 fully saturated rings. The van der Waals surface area contributed by atoms with E-state index in [9.17, 15) is 0 Å². The second-order valence-corrected chi connectivity index (χ2v) is 13.6. The van der Waals surface area contributed by atoms with Gasteiger partial charge in [-0.15, -0.1) is 0 Å². The maximum atomic E-state index is 5.17. The van der Waals surface area contributed by atoms with Gasteiger partial charge in [0.15, 0.2) is 0 Å². The van der Waals surface area contributed by atoms with Crippen LogP contribution in [0.3, 0.4) is 0 Å². The van der Waals surface area contributed by atoms with E-state index in [0.29, 0.717) is 5.92 Å². The van der Waals surface area contributed by atoms with Gasteiger partial charge in [-0.3, -0.25) is 9.98 Å². The SMILES string of the molecule is C/C=C\C=C/Cc1cc(-c2cc(C3=CC(C)C(c4ccccc4)C=N3)cc(-c3cc4ccccc4c4ccccc34)c2)cc(C2=CCCC=C2)n1. The van der Waals surface area contributed by atoms with Crippen LogP contribution in [0.4, 0.5) is 0 Å². The second kappa shape index (κ2) is 14.5. The molecule has 0 spiro atoms. The predicted octanol–water partition coefficient (Wildman–Crippen LogP) is 13.0. The maximum Gasteiger partial charge on any atom is 0.0708 e. The Morgan fingerprint density at radius 1 is 0.706 bits per heavy atom. The summed E-state index contributed by atoms with van der Waals surface area (Å²) < 4.78 is 0. The molecule has 2 heterocycles. The Kier molecular flexibility index (Phi) is 9.23. The summed E-state index contributed by atoms with van der Waals surface area (Å²) in [7, 11) is 0. The fraction of sp³-hybridized carbons (Fsp3) is 0.143. The maximum absolute atomic E-state index is 5.17. The summed E-state index contributed by atoms with van der Waals surface area (Å²) in [6, 6.07) is 42.2. The van der Waals surface area contributed by atoms with Gasteiger partial charge < -0.3 is 0 Å². The summed E-state index contributed by atoms with van der Waals surface area (Å²) in [5.41, 5.74) is 11.5. The Bertz CT molecular complexity index is 2420. The fourth-order valence-corrected chi connectivity index (χ4v) is 7.51. The molecular weight excluding hydrogens is 617 g/mol. The van der Waals surface area contributed by atoms with Gasteiger partial charge in [-0.25, -0.2) is 0 Å². The van der Waals surface area contributed by atoms with Crippen LogP contribution in [0.2, 0.25) is 0 Å². The molecule has 0 radical (unpaired) electrons. The van der Waals surface area contributed by atoms with Crippen LogP contribution in [0.5, 0.6) is 0 Å². The molecule has 0 saturated carbocycles. The zero-order valence-electron chi connectivity index (χ0n) is 29.3. The second-order valence-electron chi connectivity index (χ2n) is 13.6. The van der Waals surface area contributed by atoms with E-state index in [1.165, 1.54) is 43.8 Å². The van der Waals surface area contributed by atoms with E-state index >= 15 is 0 Å². The summed E-state index contributed by atoms with van der Waals surface area (Å²) in [5.74, 6) is 0.557. The highest BCUT2D eigenvalue weighted by atomic mass is 14.8.